The number of carbonyl (C=O) groups excluding carboxylic acids is 1. The van der Waals surface area contributed by atoms with Crippen LogP contribution < -0.4 is 9.47 Å². The molecule has 2 rings (SSSR count). The summed E-state index contributed by atoms with van der Waals surface area (Å²) in [5, 5.41) is 0. The van der Waals surface area contributed by atoms with Crippen molar-refractivity contribution in [3.63, 3.8) is 0 Å². The van der Waals surface area contributed by atoms with Crippen LogP contribution in [0.3, 0.4) is 0 Å². The second-order valence-electron chi connectivity index (χ2n) is 5.67. The molecule has 1 aliphatic rings. The van der Waals surface area contributed by atoms with Crippen LogP contribution in [0, 0.1) is 5.92 Å². The van der Waals surface area contributed by atoms with Gasteiger partial charge >= 0.3 is 0 Å². The number of hydrogen-bond acceptors (Lipinski definition) is 3. The molecule has 0 heterocycles. The first-order valence-corrected chi connectivity index (χ1v) is 7.87. The van der Waals surface area contributed by atoms with Crippen LogP contribution in [0.4, 0.5) is 0 Å². The van der Waals surface area contributed by atoms with Crippen LogP contribution >= 0.6 is 0 Å². The number of rotatable bonds is 8. The third-order valence-corrected chi connectivity index (χ3v) is 3.83. The third kappa shape index (κ3) is 4.52. The lowest BCUT2D eigenvalue weighted by molar-refractivity contribution is -0.126. The van der Waals surface area contributed by atoms with Crippen molar-refractivity contribution in [2.24, 2.45) is 5.92 Å². The molecule has 120 valence electrons. The molecular formula is C18H25NO3. The van der Waals surface area contributed by atoms with Crippen LogP contribution in [0.25, 0.3) is 6.08 Å². The van der Waals surface area contributed by atoms with Gasteiger partial charge in [-0.25, -0.2) is 0 Å². The van der Waals surface area contributed by atoms with Gasteiger partial charge in [0.2, 0.25) is 5.91 Å². The van der Waals surface area contributed by atoms with Gasteiger partial charge in [0.05, 0.1) is 14.2 Å². The van der Waals surface area contributed by atoms with Gasteiger partial charge in [-0.2, -0.15) is 0 Å². The molecule has 1 aromatic carbocycles. The van der Waals surface area contributed by atoms with E-state index in [0.717, 1.165) is 30.8 Å². The fourth-order valence-corrected chi connectivity index (χ4v) is 2.40. The number of ether oxygens (including phenoxy) is 2. The van der Waals surface area contributed by atoms with Gasteiger partial charge in [-0.1, -0.05) is 6.92 Å². The largest absolute Gasteiger partial charge is 0.497 e. The van der Waals surface area contributed by atoms with Crippen LogP contribution in [-0.2, 0) is 4.79 Å². The highest BCUT2D eigenvalue weighted by Crippen LogP contribution is 2.30. The second-order valence-corrected chi connectivity index (χ2v) is 5.67. The zero-order valence-electron chi connectivity index (χ0n) is 13.7. The summed E-state index contributed by atoms with van der Waals surface area (Å²) < 4.78 is 10.5. The van der Waals surface area contributed by atoms with Crippen molar-refractivity contribution in [1.29, 1.82) is 0 Å². The van der Waals surface area contributed by atoms with Gasteiger partial charge in [0.25, 0.3) is 0 Å². The summed E-state index contributed by atoms with van der Waals surface area (Å²) in [6.07, 6.45) is 6.95. The number of methoxy groups -OCH3 is 2. The zero-order chi connectivity index (χ0) is 15.9. The van der Waals surface area contributed by atoms with Crippen molar-refractivity contribution in [3.05, 3.63) is 29.8 Å². The van der Waals surface area contributed by atoms with Gasteiger partial charge in [-0.05, 0) is 43.4 Å². The molecule has 4 heteroatoms. The molecule has 0 bridgehead atoms. The van der Waals surface area contributed by atoms with E-state index >= 15 is 0 Å². The maximum atomic E-state index is 12.4. The van der Waals surface area contributed by atoms with Gasteiger partial charge in [-0.3, -0.25) is 4.79 Å². The Balaban J connectivity index is 2.06. The van der Waals surface area contributed by atoms with Crippen molar-refractivity contribution < 1.29 is 14.3 Å². The highest BCUT2D eigenvalue weighted by atomic mass is 16.5. The van der Waals surface area contributed by atoms with Crippen LogP contribution in [0.1, 0.15) is 31.7 Å². The molecule has 4 nitrogen and oxygen atoms in total. The minimum Gasteiger partial charge on any atom is -0.497 e. The molecule has 1 saturated carbocycles. The Morgan fingerprint density at radius 3 is 2.68 bits per heavy atom. The van der Waals surface area contributed by atoms with Gasteiger partial charge in [0.1, 0.15) is 11.5 Å². The summed E-state index contributed by atoms with van der Waals surface area (Å²) in [7, 11) is 3.23. The standard InChI is InChI=1S/C18H25NO3/c1-4-11-19(13-14-5-6-14)18(20)10-8-15-7-9-16(21-2)12-17(15)22-3/h7-10,12,14H,4-6,11,13H2,1-3H3/b10-8+. The van der Waals surface area contributed by atoms with Crippen LogP contribution in [0.5, 0.6) is 11.5 Å². The summed E-state index contributed by atoms with van der Waals surface area (Å²) >= 11 is 0. The fraction of sp³-hybridized carbons (Fsp3) is 0.500. The molecule has 22 heavy (non-hydrogen) atoms. The third-order valence-electron chi connectivity index (χ3n) is 3.83. The molecule has 0 unspecified atom stereocenters. The topological polar surface area (TPSA) is 38.8 Å². The van der Waals surface area contributed by atoms with E-state index in [-0.39, 0.29) is 5.91 Å². The normalized spacial score (nSPS) is 14.1. The molecular weight excluding hydrogens is 278 g/mol. The van der Waals surface area contributed by atoms with Gasteiger partial charge in [0, 0.05) is 30.8 Å². The summed E-state index contributed by atoms with van der Waals surface area (Å²) in [5.74, 6) is 2.22. The number of amides is 1. The van der Waals surface area contributed by atoms with E-state index < -0.39 is 0 Å². The number of carbonyl (C=O) groups is 1. The van der Waals surface area contributed by atoms with Crippen molar-refractivity contribution in [2.75, 3.05) is 27.3 Å². The van der Waals surface area contributed by atoms with E-state index in [1.165, 1.54) is 12.8 Å². The lowest BCUT2D eigenvalue weighted by atomic mass is 10.1. The average molecular weight is 303 g/mol. The molecule has 0 N–H and O–H groups in total. The van der Waals surface area contributed by atoms with Crippen LogP contribution in [0.15, 0.2) is 24.3 Å². The first-order valence-electron chi connectivity index (χ1n) is 7.87. The quantitative estimate of drug-likeness (QED) is 0.691. The first-order chi connectivity index (χ1) is 10.7. The predicted molar refractivity (Wildman–Crippen MR) is 88.2 cm³/mol. The molecule has 0 aromatic heterocycles. The molecule has 0 aliphatic heterocycles. The maximum absolute atomic E-state index is 12.4. The van der Waals surface area contributed by atoms with Crippen LogP contribution in [0.2, 0.25) is 0 Å². The lowest BCUT2D eigenvalue weighted by Crippen LogP contribution is -2.32. The van der Waals surface area contributed by atoms with Gasteiger partial charge < -0.3 is 14.4 Å². The number of nitrogens with zero attached hydrogens (tertiary/aromatic N) is 1. The molecule has 0 atom stereocenters. The van der Waals surface area contributed by atoms with Crippen molar-refractivity contribution >= 4 is 12.0 Å². The Morgan fingerprint density at radius 2 is 2.09 bits per heavy atom. The van der Waals surface area contributed by atoms with Crippen molar-refractivity contribution in [3.8, 4) is 11.5 Å². The summed E-state index contributed by atoms with van der Waals surface area (Å²) in [5.41, 5.74) is 0.875. The summed E-state index contributed by atoms with van der Waals surface area (Å²) in [4.78, 5) is 14.3. The van der Waals surface area contributed by atoms with E-state index in [4.69, 9.17) is 9.47 Å². The maximum Gasteiger partial charge on any atom is 0.246 e. The highest BCUT2D eigenvalue weighted by Gasteiger charge is 2.25. The van der Waals surface area contributed by atoms with E-state index in [1.54, 1.807) is 20.3 Å². The van der Waals surface area contributed by atoms with Crippen molar-refractivity contribution in [1.82, 2.24) is 4.90 Å². The van der Waals surface area contributed by atoms with Crippen LogP contribution in [-0.4, -0.2) is 38.1 Å². The Labute approximate surface area is 132 Å². The minimum atomic E-state index is 0.0756. The van der Waals surface area contributed by atoms with E-state index in [9.17, 15) is 4.79 Å². The fourth-order valence-electron chi connectivity index (χ4n) is 2.40. The van der Waals surface area contributed by atoms with E-state index in [2.05, 4.69) is 6.92 Å². The van der Waals surface area contributed by atoms with E-state index in [1.807, 2.05) is 29.2 Å². The molecule has 1 aliphatic carbocycles. The first kappa shape index (κ1) is 16.4. The van der Waals surface area contributed by atoms with Crippen molar-refractivity contribution in [2.45, 2.75) is 26.2 Å². The number of hydrogen-bond donors (Lipinski definition) is 0. The molecule has 1 amide bonds. The van der Waals surface area contributed by atoms with Gasteiger partial charge in [-0.15, -0.1) is 0 Å². The van der Waals surface area contributed by atoms with E-state index in [0.29, 0.717) is 11.7 Å². The lowest BCUT2D eigenvalue weighted by Gasteiger charge is -2.20. The molecule has 0 radical (unpaired) electrons. The second kappa shape index (κ2) is 7.87. The number of benzene rings is 1. The molecule has 1 fully saturated rings. The summed E-state index contributed by atoms with van der Waals surface area (Å²) in [6.45, 7) is 3.81. The Kier molecular flexibility index (Phi) is 5.87. The smallest absolute Gasteiger partial charge is 0.246 e. The molecule has 1 aromatic rings. The zero-order valence-corrected chi connectivity index (χ0v) is 13.7. The highest BCUT2D eigenvalue weighted by molar-refractivity contribution is 5.92. The Hall–Kier alpha value is -1.97. The van der Waals surface area contributed by atoms with Gasteiger partial charge in [0.15, 0.2) is 0 Å². The Morgan fingerprint density at radius 1 is 1.32 bits per heavy atom. The summed E-state index contributed by atoms with van der Waals surface area (Å²) in [6, 6.07) is 5.57. The SMILES string of the molecule is CCCN(CC1CC1)C(=O)/C=C/c1ccc(OC)cc1OC. The average Bonchev–Trinajstić information content (AvgIpc) is 3.36. The monoisotopic (exact) mass is 303 g/mol. The Bertz CT molecular complexity index is 535. The molecule has 0 saturated heterocycles. The molecule has 0 spiro atoms. The predicted octanol–water partition coefficient (Wildman–Crippen LogP) is 3.37. The minimum absolute atomic E-state index is 0.0756.